The van der Waals surface area contributed by atoms with Crippen LogP contribution in [-0.2, 0) is 11.0 Å². The van der Waals surface area contributed by atoms with Crippen molar-refractivity contribution in [3.63, 3.8) is 0 Å². The summed E-state index contributed by atoms with van der Waals surface area (Å²) >= 11 is 0. The van der Waals surface area contributed by atoms with Crippen molar-refractivity contribution in [1.29, 1.82) is 0 Å². The summed E-state index contributed by atoms with van der Waals surface area (Å²) in [7, 11) is -1.73. The summed E-state index contributed by atoms with van der Waals surface area (Å²) in [6.07, 6.45) is 0. The molecule has 0 saturated heterocycles. The Labute approximate surface area is 147 Å². The van der Waals surface area contributed by atoms with E-state index in [0.717, 1.165) is 5.56 Å². The molecule has 0 atom stereocenters. The van der Waals surface area contributed by atoms with E-state index in [9.17, 15) is 5.11 Å². The van der Waals surface area contributed by atoms with Crippen LogP contribution in [0, 0.1) is 13.8 Å². The van der Waals surface area contributed by atoms with Crippen LogP contribution >= 0.6 is 0 Å². The molecule has 0 bridgehead atoms. The van der Waals surface area contributed by atoms with E-state index in [1.165, 1.54) is 22.3 Å². The van der Waals surface area contributed by atoms with Gasteiger partial charge in [-0.2, -0.15) is 0 Å². The predicted octanol–water partition coefficient (Wildman–Crippen LogP) is 6.20. The third-order valence-corrected chi connectivity index (χ3v) is 9.63. The van der Waals surface area contributed by atoms with Gasteiger partial charge < -0.3 is 9.53 Å². The van der Waals surface area contributed by atoms with Crippen molar-refractivity contribution in [2.45, 2.75) is 59.4 Å². The van der Waals surface area contributed by atoms with Gasteiger partial charge in [-0.05, 0) is 71.9 Å². The smallest absolute Gasteiger partial charge is 0.192 e. The highest BCUT2D eigenvalue weighted by atomic mass is 28.4. The molecule has 2 rings (SSSR count). The molecule has 1 N–H and O–H groups in total. The van der Waals surface area contributed by atoms with Gasteiger partial charge in [0.25, 0.3) is 0 Å². The van der Waals surface area contributed by atoms with Gasteiger partial charge in [-0.1, -0.05) is 45.0 Å². The summed E-state index contributed by atoms with van der Waals surface area (Å²) in [4.78, 5) is 0. The largest absolute Gasteiger partial charge is 0.508 e. The molecule has 0 amide bonds. The summed E-state index contributed by atoms with van der Waals surface area (Å²) in [6, 6.07) is 11.9. The lowest BCUT2D eigenvalue weighted by Gasteiger charge is -2.36. The molecule has 0 aliphatic rings. The van der Waals surface area contributed by atoms with Crippen molar-refractivity contribution in [3.8, 4) is 16.9 Å². The zero-order valence-electron chi connectivity index (χ0n) is 16.0. The SMILES string of the molecule is Cc1cc(CO[Si](C)(C)C(C)(C)C)cc(C)c1-c1ccc(O)cc1. The summed E-state index contributed by atoms with van der Waals surface area (Å²) in [5.41, 5.74) is 6.10. The molecule has 0 aliphatic heterocycles. The molecule has 0 saturated carbocycles. The standard InChI is InChI=1S/C21H30O2Si/c1-15-12-17(14-23-24(6,7)21(3,4)5)13-16(2)20(15)18-8-10-19(22)11-9-18/h8-13,22H,14H2,1-7H3. The highest BCUT2D eigenvalue weighted by Crippen LogP contribution is 2.37. The fourth-order valence-corrected chi connectivity index (χ4v) is 3.66. The number of rotatable bonds is 4. The first-order valence-electron chi connectivity index (χ1n) is 8.55. The Morgan fingerprint density at radius 1 is 0.958 bits per heavy atom. The third kappa shape index (κ3) is 4.08. The van der Waals surface area contributed by atoms with Crippen molar-refractivity contribution in [1.82, 2.24) is 0 Å². The lowest BCUT2D eigenvalue weighted by atomic mass is 9.94. The van der Waals surface area contributed by atoms with Crippen LogP contribution in [0.1, 0.15) is 37.5 Å². The molecule has 0 aromatic heterocycles. The normalized spacial score (nSPS) is 12.5. The van der Waals surface area contributed by atoms with E-state index in [4.69, 9.17) is 4.43 Å². The van der Waals surface area contributed by atoms with Gasteiger partial charge in [-0.3, -0.25) is 0 Å². The fourth-order valence-electron chi connectivity index (χ4n) is 2.70. The minimum Gasteiger partial charge on any atom is -0.508 e. The van der Waals surface area contributed by atoms with Gasteiger partial charge in [0.15, 0.2) is 8.32 Å². The molecule has 2 aromatic rings. The number of hydrogen-bond acceptors (Lipinski definition) is 2. The van der Waals surface area contributed by atoms with E-state index in [0.29, 0.717) is 12.4 Å². The highest BCUT2D eigenvalue weighted by molar-refractivity contribution is 6.74. The molecular formula is C21H30O2Si. The van der Waals surface area contributed by atoms with Gasteiger partial charge >= 0.3 is 0 Å². The maximum atomic E-state index is 9.49. The van der Waals surface area contributed by atoms with E-state index in [-0.39, 0.29) is 5.04 Å². The Balaban J connectivity index is 2.26. The van der Waals surface area contributed by atoms with Gasteiger partial charge in [0.05, 0.1) is 6.61 Å². The van der Waals surface area contributed by atoms with Crippen LogP contribution in [0.25, 0.3) is 11.1 Å². The molecule has 3 heteroatoms. The van der Waals surface area contributed by atoms with Crippen molar-refractivity contribution >= 4 is 8.32 Å². The zero-order valence-corrected chi connectivity index (χ0v) is 17.0. The third-order valence-electron chi connectivity index (χ3n) is 5.15. The molecule has 130 valence electrons. The molecule has 0 unspecified atom stereocenters. The van der Waals surface area contributed by atoms with E-state index in [1.54, 1.807) is 12.1 Å². The first-order valence-corrected chi connectivity index (χ1v) is 11.5. The Kier molecular flexibility index (Phi) is 5.26. The van der Waals surface area contributed by atoms with Gasteiger partial charge in [-0.25, -0.2) is 0 Å². The second-order valence-corrected chi connectivity index (χ2v) is 13.0. The Bertz CT molecular complexity index is 687. The average Bonchev–Trinajstić information content (AvgIpc) is 2.45. The molecule has 0 heterocycles. The Morgan fingerprint density at radius 2 is 1.46 bits per heavy atom. The lowest BCUT2D eigenvalue weighted by Crippen LogP contribution is -2.40. The van der Waals surface area contributed by atoms with Gasteiger partial charge in [-0.15, -0.1) is 0 Å². The van der Waals surface area contributed by atoms with Crippen LogP contribution in [0.15, 0.2) is 36.4 Å². The van der Waals surface area contributed by atoms with E-state index in [2.05, 4.69) is 59.8 Å². The second-order valence-electron chi connectivity index (χ2n) is 8.20. The summed E-state index contributed by atoms with van der Waals surface area (Å²) < 4.78 is 6.36. The monoisotopic (exact) mass is 342 g/mol. The maximum absolute atomic E-state index is 9.49. The maximum Gasteiger partial charge on any atom is 0.192 e. The van der Waals surface area contributed by atoms with Crippen LogP contribution in [0.2, 0.25) is 18.1 Å². The number of aromatic hydroxyl groups is 1. The first-order chi connectivity index (χ1) is 11.0. The van der Waals surface area contributed by atoms with Crippen LogP contribution in [0.5, 0.6) is 5.75 Å². The van der Waals surface area contributed by atoms with Crippen LogP contribution in [0.3, 0.4) is 0 Å². The van der Waals surface area contributed by atoms with E-state index < -0.39 is 8.32 Å². The number of phenolic OH excluding ortho intramolecular Hbond substituents is 1. The molecule has 0 radical (unpaired) electrons. The average molecular weight is 343 g/mol. The summed E-state index contributed by atoms with van der Waals surface area (Å²) in [5.74, 6) is 0.299. The summed E-state index contributed by atoms with van der Waals surface area (Å²) in [5, 5.41) is 9.71. The fraction of sp³-hybridized carbons (Fsp3) is 0.429. The van der Waals surface area contributed by atoms with Gasteiger partial charge in [0.2, 0.25) is 0 Å². The van der Waals surface area contributed by atoms with Crippen LogP contribution in [0.4, 0.5) is 0 Å². The summed E-state index contributed by atoms with van der Waals surface area (Å²) in [6.45, 7) is 16.3. The minimum atomic E-state index is -1.73. The molecule has 0 spiro atoms. The second kappa shape index (κ2) is 6.73. The van der Waals surface area contributed by atoms with E-state index >= 15 is 0 Å². The lowest BCUT2D eigenvalue weighted by molar-refractivity contribution is 0.276. The topological polar surface area (TPSA) is 29.5 Å². The number of hydrogen-bond donors (Lipinski definition) is 1. The quantitative estimate of drug-likeness (QED) is 0.670. The van der Waals surface area contributed by atoms with Crippen LogP contribution in [-0.4, -0.2) is 13.4 Å². The predicted molar refractivity (Wildman–Crippen MR) is 105 cm³/mol. The number of phenols is 1. The highest BCUT2D eigenvalue weighted by Gasteiger charge is 2.37. The van der Waals surface area contributed by atoms with Gasteiger partial charge in [0.1, 0.15) is 5.75 Å². The molecule has 2 aromatic carbocycles. The first kappa shape index (κ1) is 18.8. The number of aryl methyl sites for hydroxylation is 2. The zero-order chi connectivity index (χ0) is 18.1. The minimum absolute atomic E-state index is 0.225. The Hall–Kier alpha value is -1.58. The van der Waals surface area contributed by atoms with E-state index in [1.807, 2.05) is 12.1 Å². The number of benzene rings is 2. The van der Waals surface area contributed by atoms with Crippen molar-refractivity contribution in [3.05, 3.63) is 53.1 Å². The molecule has 0 aliphatic carbocycles. The Morgan fingerprint density at radius 3 is 1.92 bits per heavy atom. The van der Waals surface area contributed by atoms with Crippen molar-refractivity contribution < 1.29 is 9.53 Å². The van der Waals surface area contributed by atoms with Crippen molar-refractivity contribution in [2.24, 2.45) is 0 Å². The van der Waals surface area contributed by atoms with Crippen molar-refractivity contribution in [2.75, 3.05) is 0 Å². The molecule has 0 fully saturated rings. The molecule has 24 heavy (non-hydrogen) atoms. The van der Waals surface area contributed by atoms with Crippen LogP contribution < -0.4 is 0 Å². The molecular weight excluding hydrogens is 312 g/mol. The molecule has 2 nitrogen and oxygen atoms in total. The van der Waals surface area contributed by atoms with Gasteiger partial charge in [0, 0.05) is 0 Å².